The lowest BCUT2D eigenvalue weighted by Crippen LogP contribution is -2.30. The van der Waals surface area contributed by atoms with Crippen molar-refractivity contribution in [3.8, 4) is 11.5 Å². The Hall–Kier alpha value is -4.82. The number of rotatable bonds is 11. The Labute approximate surface area is 237 Å². The minimum absolute atomic E-state index is 0.0405. The van der Waals surface area contributed by atoms with E-state index in [2.05, 4.69) is 10.6 Å². The Morgan fingerprint density at radius 2 is 1.52 bits per heavy atom. The van der Waals surface area contributed by atoms with Crippen LogP contribution in [-0.2, 0) is 4.79 Å². The number of Topliss-reactive ketones (excluding diaryl/α,β-unsaturated/α-hetero) is 1. The van der Waals surface area contributed by atoms with Gasteiger partial charge in [0.05, 0.1) is 25.5 Å². The van der Waals surface area contributed by atoms with Crippen LogP contribution in [0.1, 0.15) is 26.3 Å². The standard InChI is InChI=1S/C32H28N2O5S/c1-38-25-12-8-9-22(19-25)20-28(34-31(36)23-10-4-3-5-11-23)32(37)33-24-15-17-26(18-16-24)40-21-29(35)27-13-6-7-14-30(27)39-2/h3-20H,21H2,1-2H3,(H,33,37)(H,34,36)/b28-20-. The van der Waals surface area contributed by atoms with Crippen molar-refractivity contribution in [1.82, 2.24) is 5.32 Å². The van der Waals surface area contributed by atoms with Crippen molar-refractivity contribution in [2.24, 2.45) is 0 Å². The second-order valence-electron chi connectivity index (χ2n) is 8.55. The molecule has 0 aliphatic heterocycles. The highest BCUT2D eigenvalue weighted by Gasteiger charge is 2.16. The van der Waals surface area contributed by atoms with Gasteiger partial charge in [-0.3, -0.25) is 14.4 Å². The highest BCUT2D eigenvalue weighted by Crippen LogP contribution is 2.25. The number of carbonyl (C=O) groups excluding carboxylic acids is 3. The van der Waals surface area contributed by atoms with Crippen molar-refractivity contribution in [3.05, 3.63) is 126 Å². The van der Waals surface area contributed by atoms with Crippen LogP contribution in [0.4, 0.5) is 5.69 Å². The molecule has 0 bridgehead atoms. The van der Waals surface area contributed by atoms with Crippen LogP contribution in [-0.4, -0.2) is 37.6 Å². The molecular formula is C32H28N2O5S. The Morgan fingerprint density at radius 3 is 2.25 bits per heavy atom. The summed E-state index contributed by atoms with van der Waals surface area (Å²) in [5, 5.41) is 5.56. The highest BCUT2D eigenvalue weighted by molar-refractivity contribution is 8.00. The maximum atomic E-state index is 13.3. The molecule has 0 spiro atoms. The second kappa shape index (κ2) is 13.8. The van der Waals surface area contributed by atoms with Gasteiger partial charge >= 0.3 is 0 Å². The van der Waals surface area contributed by atoms with Gasteiger partial charge in [0.1, 0.15) is 17.2 Å². The molecule has 8 heteroatoms. The summed E-state index contributed by atoms with van der Waals surface area (Å²) in [4.78, 5) is 39.6. The summed E-state index contributed by atoms with van der Waals surface area (Å²) in [5.74, 6) is 0.477. The molecule has 2 N–H and O–H groups in total. The van der Waals surface area contributed by atoms with Gasteiger partial charge in [-0.1, -0.05) is 42.5 Å². The number of anilines is 1. The third-order valence-corrected chi connectivity index (χ3v) is 6.84. The van der Waals surface area contributed by atoms with E-state index in [0.717, 1.165) is 4.90 Å². The van der Waals surface area contributed by atoms with Crippen molar-refractivity contribution in [1.29, 1.82) is 0 Å². The average Bonchev–Trinajstić information content (AvgIpc) is 3.00. The van der Waals surface area contributed by atoms with Crippen LogP contribution in [0.5, 0.6) is 11.5 Å². The first kappa shape index (κ1) is 28.2. The van der Waals surface area contributed by atoms with Gasteiger partial charge in [-0.2, -0.15) is 0 Å². The summed E-state index contributed by atoms with van der Waals surface area (Å²) < 4.78 is 10.6. The molecule has 0 atom stereocenters. The number of benzene rings is 4. The highest BCUT2D eigenvalue weighted by atomic mass is 32.2. The summed E-state index contributed by atoms with van der Waals surface area (Å²) in [6.45, 7) is 0. The maximum absolute atomic E-state index is 13.3. The lowest BCUT2D eigenvalue weighted by Gasteiger charge is -2.12. The molecule has 0 saturated heterocycles. The molecule has 4 rings (SSSR count). The minimum atomic E-state index is -0.487. The van der Waals surface area contributed by atoms with Gasteiger partial charge in [-0.15, -0.1) is 11.8 Å². The first-order valence-electron chi connectivity index (χ1n) is 12.4. The quantitative estimate of drug-likeness (QED) is 0.133. The smallest absolute Gasteiger partial charge is 0.272 e. The molecule has 0 aliphatic rings. The third-order valence-electron chi connectivity index (χ3n) is 5.82. The molecule has 4 aromatic carbocycles. The topological polar surface area (TPSA) is 93.7 Å². The van der Waals surface area contributed by atoms with E-state index in [-0.39, 0.29) is 17.2 Å². The zero-order chi connectivity index (χ0) is 28.3. The third kappa shape index (κ3) is 7.61. The zero-order valence-electron chi connectivity index (χ0n) is 22.0. The van der Waals surface area contributed by atoms with E-state index < -0.39 is 11.8 Å². The van der Waals surface area contributed by atoms with E-state index in [9.17, 15) is 14.4 Å². The summed E-state index contributed by atoms with van der Waals surface area (Å²) in [7, 11) is 3.10. The molecule has 0 aliphatic carbocycles. The fourth-order valence-corrected chi connectivity index (χ4v) is 4.56. The number of ether oxygens (including phenoxy) is 2. The number of carbonyl (C=O) groups is 3. The van der Waals surface area contributed by atoms with Crippen molar-refractivity contribution in [2.75, 3.05) is 25.3 Å². The van der Waals surface area contributed by atoms with Crippen molar-refractivity contribution >= 4 is 41.1 Å². The Kier molecular flexibility index (Phi) is 9.74. The lowest BCUT2D eigenvalue weighted by molar-refractivity contribution is -0.113. The predicted octanol–water partition coefficient (Wildman–Crippen LogP) is 6.09. The molecule has 202 valence electrons. The number of methoxy groups -OCH3 is 2. The molecule has 0 heterocycles. The number of hydrogen-bond donors (Lipinski definition) is 2. The molecular weight excluding hydrogens is 524 g/mol. The molecule has 2 amide bonds. The normalized spacial score (nSPS) is 10.9. The van der Waals surface area contributed by atoms with Gasteiger partial charge in [0.25, 0.3) is 11.8 Å². The van der Waals surface area contributed by atoms with Gasteiger partial charge in [0, 0.05) is 16.1 Å². The van der Waals surface area contributed by atoms with Crippen molar-refractivity contribution in [2.45, 2.75) is 4.90 Å². The Balaban J connectivity index is 1.46. The SMILES string of the molecule is COc1cccc(/C=C(\NC(=O)c2ccccc2)C(=O)Nc2ccc(SCC(=O)c3ccccc3OC)cc2)c1. The van der Waals surface area contributed by atoms with E-state index in [4.69, 9.17) is 9.47 Å². The van der Waals surface area contributed by atoms with Crippen molar-refractivity contribution in [3.63, 3.8) is 0 Å². The van der Waals surface area contributed by atoms with E-state index in [0.29, 0.717) is 33.9 Å². The van der Waals surface area contributed by atoms with Crippen LogP contribution >= 0.6 is 11.8 Å². The largest absolute Gasteiger partial charge is 0.497 e. The van der Waals surface area contributed by atoms with Crippen LogP contribution in [0.3, 0.4) is 0 Å². The Morgan fingerprint density at radius 1 is 0.800 bits per heavy atom. The fraction of sp³-hybridized carbons (Fsp3) is 0.0938. The Bertz CT molecular complexity index is 1520. The van der Waals surface area contributed by atoms with Gasteiger partial charge < -0.3 is 20.1 Å². The zero-order valence-corrected chi connectivity index (χ0v) is 22.9. The number of amides is 2. The van der Waals surface area contributed by atoms with Gasteiger partial charge in [0.15, 0.2) is 5.78 Å². The molecule has 4 aromatic rings. The molecule has 0 unspecified atom stereocenters. The van der Waals surface area contributed by atoms with Crippen molar-refractivity contribution < 1.29 is 23.9 Å². The first-order chi connectivity index (χ1) is 19.5. The number of para-hydroxylation sites is 1. The minimum Gasteiger partial charge on any atom is -0.497 e. The second-order valence-corrected chi connectivity index (χ2v) is 9.59. The number of hydrogen-bond acceptors (Lipinski definition) is 6. The molecule has 7 nitrogen and oxygen atoms in total. The van der Waals surface area contributed by atoms with E-state index in [1.807, 2.05) is 30.3 Å². The molecule has 0 aromatic heterocycles. The van der Waals surface area contributed by atoms with Gasteiger partial charge in [-0.05, 0) is 72.3 Å². The monoisotopic (exact) mass is 552 g/mol. The number of thioether (sulfide) groups is 1. The maximum Gasteiger partial charge on any atom is 0.272 e. The van der Waals surface area contributed by atoms with Crippen LogP contribution in [0.15, 0.2) is 114 Å². The summed E-state index contributed by atoms with van der Waals surface area (Å²) >= 11 is 1.39. The summed E-state index contributed by atoms with van der Waals surface area (Å²) in [6.07, 6.45) is 1.59. The number of nitrogens with one attached hydrogen (secondary N) is 2. The summed E-state index contributed by atoms with van der Waals surface area (Å²) in [5.41, 5.74) is 2.26. The van der Waals surface area contributed by atoms with E-state index >= 15 is 0 Å². The van der Waals surface area contributed by atoms with Crippen LogP contribution in [0.25, 0.3) is 6.08 Å². The summed E-state index contributed by atoms with van der Waals surface area (Å²) in [6, 6.07) is 30.1. The van der Waals surface area contributed by atoms with E-state index in [1.165, 1.54) is 18.9 Å². The lowest BCUT2D eigenvalue weighted by atomic mass is 10.1. The fourth-order valence-electron chi connectivity index (χ4n) is 3.77. The van der Waals surface area contributed by atoms with Gasteiger partial charge in [-0.25, -0.2) is 0 Å². The average molecular weight is 553 g/mol. The molecule has 0 radical (unpaired) electrons. The van der Waals surface area contributed by atoms with E-state index in [1.54, 1.807) is 86.0 Å². The number of ketones is 1. The van der Waals surface area contributed by atoms with Gasteiger partial charge in [0.2, 0.25) is 0 Å². The molecule has 0 fully saturated rings. The van der Waals surface area contributed by atoms with Crippen LogP contribution in [0.2, 0.25) is 0 Å². The molecule has 0 saturated carbocycles. The van der Waals surface area contributed by atoms with Crippen LogP contribution < -0.4 is 20.1 Å². The molecule has 40 heavy (non-hydrogen) atoms. The first-order valence-corrected chi connectivity index (χ1v) is 13.4. The van der Waals surface area contributed by atoms with Crippen LogP contribution in [0, 0.1) is 0 Å². The predicted molar refractivity (Wildman–Crippen MR) is 158 cm³/mol.